The van der Waals surface area contributed by atoms with Crippen LogP contribution in [0.4, 0.5) is 13.2 Å². The molecule has 0 aliphatic carbocycles. The third kappa shape index (κ3) is 3.15. The summed E-state index contributed by atoms with van der Waals surface area (Å²) in [6.07, 6.45) is -2.62. The summed E-state index contributed by atoms with van der Waals surface area (Å²) < 4.78 is 38.1. The Kier molecular flexibility index (Phi) is 3.93. The molecule has 1 nitrogen and oxygen atoms in total. The summed E-state index contributed by atoms with van der Waals surface area (Å²) >= 11 is 7.18. The third-order valence-electron chi connectivity index (χ3n) is 3.19. The molecular formula is C16H9ClF3NS. The van der Waals surface area contributed by atoms with Gasteiger partial charge in [-0.15, -0.1) is 11.3 Å². The Morgan fingerprint density at radius 2 is 1.32 bits per heavy atom. The lowest BCUT2D eigenvalue weighted by Gasteiger charge is -2.08. The summed E-state index contributed by atoms with van der Waals surface area (Å²) in [5.74, 6) is 0. The van der Waals surface area contributed by atoms with Crippen molar-refractivity contribution in [3.05, 3.63) is 64.8 Å². The molecule has 22 heavy (non-hydrogen) atoms. The number of halogens is 4. The summed E-state index contributed by atoms with van der Waals surface area (Å²) in [6.45, 7) is 0. The maximum absolute atomic E-state index is 12.5. The van der Waals surface area contributed by atoms with E-state index in [0.29, 0.717) is 4.47 Å². The molecule has 0 aliphatic heterocycles. The molecule has 0 amide bonds. The highest BCUT2D eigenvalue weighted by Gasteiger charge is 2.29. The summed E-state index contributed by atoms with van der Waals surface area (Å²) in [6, 6.07) is 12.7. The molecule has 0 radical (unpaired) electrons. The van der Waals surface area contributed by atoms with Crippen LogP contribution in [0.3, 0.4) is 0 Å². The molecule has 0 N–H and O–H groups in total. The van der Waals surface area contributed by atoms with Crippen molar-refractivity contribution in [1.29, 1.82) is 0 Å². The van der Waals surface area contributed by atoms with Gasteiger partial charge >= 0.3 is 6.18 Å². The number of hydrogen-bond acceptors (Lipinski definition) is 2. The molecule has 0 atom stereocenters. The van der Waals surface area contributed by atoms with Crippen LogP contribution in [0, 0.1) is 0 Å². The van der Waals surface area contributed by atoms with Crippen molar-refractivity contribution in [2.24, 2.45) is 0 Å². The number of hydrogen-bond donors (Lipinski definition) is 0. The monoisotopic (exact) mass is 339 g/mol. The number of thiazole rings is 1. The fourth-order valence-electron chi connectivity index (χ4n) is 2.06. The van der Waals surface area contributed by atoms with Crippen LogP contribution in [0.15, 0.2) is 54.7 Å². The van der Waals surface area contributed by atoms with Crippen LogP contribution in [-0.4, -0.2) is 4.98 Å². The Labute approximate surface area is 134 Å². The van der Waals surface area contributed by atoms with Gasteiger partial charge in [-0.2, -0.15) is 13.2 Å². The predicted octanol–water partition coefficient (Wildman–Crippen LogP) is 6.15. The Hall–Kier alpha value is -1.85. The van der Waals surface area contributed by atoms with Gasteiger partial charge in [-0.25, -0.2) is 4.98 Å². The molecule has 112 valence electrons. The molecule has 0 bridgehead atoms. The van der Waals surface area contributed by atoms with Gasteiger partial charge in [-0.05, 0) is 28.8 Å². The molecule has 1 heterocycles. The van der Waals surface area contributed by atoms with Crippen molar-refractivity contribution in [3.8, 4) is 21.6 Å². The van der Waals surface area contributed by atoms with E-state index in [1.54, 1.807) is 6.20 Å². The van der Waals surface area contributed by atoms with Crippen molar-refractivity contribution < 1.29 is 13.2 Å². The molecule has 0 spiro atoms. The van der Waals surface area contributed by atoms with E-state index in [2.05, 4.69) is 4.98 Å². The molecule has 0 aliphatic rings. The van der Waals surface area contributed by atoms with Crippen LogP contribution in [0.25, 0.3) is 21.6 Å². The minimum absolute atomic E-state index is 0.474. The zero-order valence-electron chi connectivity index (χ0n) is 11.1. The standard InChI is InChI=1S/C16H9ClF3NS/c17-15-21-9-14(22-15)12-3-1-10(2-4-12)11-5-7-13(8-6-11)16(18,19)20/h1-9H. The van der Waals surface area contributed by atoms with Crippen molar-refractivity contribution >= 4 is 22.9 Å². The highest BCUT2D eigenvalue weighted by Crippen LogP contribution is 2.33. The second-order valence-electron chi connectivity index (χ2n) is 4.63. The maximum atomic E-state index is 12.5. The van der Waals surface area contributed by atoms with E-state index >= 15 is 0 Å². The van der Waals surface area contributed by atoms with E-state index in [1.807, 2.05) is 24.3 Å². The van der Waals surface area contributed by atoms with Crippen molar-refractivity contribution in [3.63, 3.8) is 0 Å². The molecule has 0 saturated heterocycles. The predicted molar refractivity (Wildman–Crippen MR) is 83.0 cm³/mol. The number of aromatic nitrogens is 1. The van der Waals surface area contributed by atoms with E-state index in [9.17, 15) is 13.2 Å². The van der Waals surface area contributed by atoms with Gasteiger partial charge in [-0.3, -0.25) is 0 Å². The van der Waals surface area contributed by atoms with Crippen LogP contribution in [0.1, 0.15) is 5.56 Å². The molecule has 6 heteroatoms. The second-order valence-corrected chi connectivity index (χ2v) is 6.24. The SMILES string of the molecule is FC(F)(F)c1ccc(-c2ccc(-c3cnc(Cl)s3)cc2)cc1. The first kappa shape index (κ1) is 15.1. The second kappa shape index (κ2) is 5.74. The van der Waals surface area contributed by atoms with Crippen LogP contribution >= 0.6 is 22.9 Å². The first-order valence-corrected chi connectivity index (χ1v) is 7.52. The van der Waals surface area contributed by atoms with Crippen LogP contribution in [-0.2, 0) is 6.18 Å². The molecule has 2 aromatic carbocycles. The zero-order chi connectivity index (χ0) is 15.7. The topological polar surface area (TPSA) is 12.9 Å². The lowest BCUT2D eigenvalue weighted by molar-refractivity contribution is -0.137. The van der Waals surface area contributed by atoms with Gasteiger partial charge in [0.25, 0.3) is 0 Å². The van der Waals surface area contributed by atoms with Gasteiger partial charge in [0.15, 0.2) is 4.47 Å². The lowest BCUT2D eigenvalue weighted by atomic mass is 10.0. The Morgan fingerprint density at radius 1 is 0.818 bits per heavy atom. The Bertz CT molecular complexity index is 776. The van der Waals surface area contributed by atoms with Crippen LogP contribution < -0.4 is 0 Å². The highest BCUT2D eigenvalue weighted by molar-refractivity contribution is 7.18. The van der Waals surface area contributed by atoms with Gasteiger partial charge in [0.2, 0.25) is 0 Å². The fraction of sp³-hybridized carbons (Fsp3) is 0.0625. The summed E-state index contributed by atoms with van der Waals surface area (Å²) in [4.78, 5) is 4.93. The number of benzene rings is 2. The van der Waals surface area contributed by atoms with E-state index in [1.165, 1.54) is 23.5 Å². The Morgan fingerprint density at radius 3 is 1.77 bits per heavy atom. The molecule has 3 aromatic rings. The number of nitrogens with zero attached hydrogens (tertiary/aromatic N) is 1. The largest absolute Gasteiger partial charge is 0.416 e. The molecule has 3 rings (SSSR count). The smallest absolute Gasteiger partial charge is 0.233 e. The minimum atomic E-state index is -4.31. The van der Waals surface area contributed by atoms with E-state index in [0.717, 1.165) is 33.7 Å². The number of rotatable bonds is 2. The Balaban J connectivity index is 1.87. The minimum Gasteiger partial charge on any atom is -0.233 e. The molecule has 1 aromatic heterocycles. The molecular weight excluding hydrogens is 331 g/mol. The van der Waals surface area contributed by atoms with Crippen molar-refractivity contribution in [2.75, 3.05) is 0 Å². The normalized spacial score (nSPS) is 11.6. The van der Waals surface area contributed by atoms with Gasteiger partial charge < -0.3 is 0 Å². The first-order valence-electron chi connectivity index (χ1n) is 6.33. The average Bonchev–Trinajstić information content (AvgIpc) is 2.93. The summed E-state index contributed by atoms with van der Waals surface area (Å²) in [5.41, 5.74) is 1.92. The van der Waals surface area contributed by atoms with Crippen molar-refractivity contribution in [1.82, 2.24) is 4.98 Å². The fourth-order valence-corrected chi connectivity index (χ4v) is 3.01. The van der Waals surface area contributed by atoms with Gasteiger partial charge in [0, 0.05) is 6.20 Å². The molecule has 0 saturated carbocycles. The summed E-state index contributed by atoms with van der Waals surface area (Å²) in [5, 5.41) is 0. The quantitative estimate of drug-likeness (QED) is 0.545. The van der Waals surface area contributed by atoms with Crippen LogP contribution in [0.5, 0.6) is 0 Å². The summed E-state index contributed by atoms with van der Waals surface area (Å²) in [7, 11) is 0. The van der Waals surface area contributed by atoms with Gasteiger partial charge in [0.1, 0.15) is 0 Å². The maximum Gasteiger partial charge on any atom is 0.416 e. The van der Waals surface area contributed by atoms with Crippen molar-refractivity contribution in [2.45, 2.75) is 6.18 Å². The van der Waals surface area contributed by atoms with E-state index in [4.69, 9.17) is 11.6 Å². The number of alkyl halides is 3. The highest BCUT2D eigenvalue weighted by atomic mass is 35.5. The average molecular weight is 340 g/mol. The van der Waals surface area contributed by atoms with Gasteiger partial charge in [-0.1, -0.05) is 48.0 Å². The van der Waals surface area contributed by atoms with Crippen LogP contribution in [0.2, 0.25) is 4.47 Å². The van der Waals surface area contributed by atoms with E-state index in [-0.39, 0.29) is 0 Å². The molecule has 0 fully saturated rings. The first-order chi connectivity index (χ1) is 10.4. The van der Waals surface area contributed by atoms with E-state index < -0.39 is 11.7 Å². The third-order valence-corrected chi connectivity index (χ3v) is 4.36. The zero-order valence-corrected chi connectivity index (χ0v) is 12.6. The molecule has 0 unspecified atom stereocenters. The lowest BCUT2D eigenvalue weighted by Crippen LogP contribution is -2.03. The van der Waals surface area contributed by atoms with Gasteiger partial charge in [0.05, 0.1) is 10.4 Å².